The van der Waals surface area contributed by atoms with Crippen molar-refractivity contribution in [3.8, 4) is 16.3 Å². The molecule has 2 heterocycles. The number of nitrogens with zero attached hydrogens (tertiary/aromatic N) is 2. The lowest BCUT2D eigenvalue weighted by atomic mass is 10.2. The molecule has 0 radical (unpaired) electrons. The first-order chi connectivity index (χ1) is 7.83. The number of pyridine rings is 1. The van der Waals surface area contributed by atoms with Gasteiger partial charge in [0.1, 0.15) is 0 Å². The molecular formula is C11H13N3OS. The number of hydrogen-bond acceptors (Lipinski definition) is 5. The Labute approximate surface area is 98.3 Å². The SMILES string of the molecule is CCNc1ncc(-c2ccc(OC)nc2)s1. The van der Waals surface area contributed by atoms with Crippen LogP contribution in [0.1, 0.15) is 6.92 Å². The highest BCUT2D eigenvalue weighted by Crippen LogP contribution is 2.28. The first-order valence-electron chi connectivity index (χ1n) is 5.03. The van der Waals surface area contributed by atoms with Gasteiger partial charge < -0.3 is 10.1 Å². The van der Waals surface area contributed by atoms with Gasteiger partial charge in [-0.25, -0.2) is 9.97 Å². The van der Waals surface area contributed by atoms with E-state index in [9.17, 15) is 0 Å². The van der Waals surface area contributed by atoms with Crippen molar-refractivity contribution in [3.63, 3.8) is 0 Å². The molecule has 84 valence electrons. The van der Waals surface area contributed by atoms with Crippen LogP contribution in [0.3, 0.4) is 0 Å². The predicted molar refractivity (Wildman–Crippen MR) is 66.1 cm³/mol. The first-order valence-corrected chi connectivity index (χ1v) is 5.85. The lowest BCUT2D eigenvalue weighted by Crippen LogP contribution is -1.94. The van der Waals surface area contributed by atoms with Gasteiger partial charge in [-0.2, -0.15) is 0 Å². The molecule has 0 atom stereocenters. The Kier molecular flexibility index (Phi) is 3.36. The number of ether oxygens (including phenoxy) is 1. The van der Waals surface area contributed by atoms with E-state index in [-0.39, 0.29) is 0 Å². The Balaban J connectivity index is 2.21. The lowest BCUT2D eigenvalue weighted by molar-refractivity contribution is 0.398. The van der Waals surface area contributed by atoms with Crippen molar-refractivity contribution in [2.75, 3.05) is 19.0 Å². The molecular weight excluding hydrogens is 222 g/mol. The van der Waals surface area contributed by atoms with Gasteiger partial charge in [-0.05, 0) is 13.0 Å². The molecule has 0 fully saturated rings. The van der Waals surface area contributed by atoms with Crippen molar-refractivity contribution in [1.82, 2.24) is 9.97 Å². The normalized spacial score (nSPS) is 10.1. The third kappa shape index (κ3) is 2.30. The van der Waals surface area contributed by atoms with E-state index in [4.69, 9.17) is 4.74 Å². The van der Waals surface area contributed by atoms with E-state index >= 15 is 0 Å². The third-order valence-electron chi connectivity index (χ3n) is 2.06. The van der Waals surface area contributed by atoms with Crippen LogP contribution in [0.4, 0.5) is 5.13 Å². The summed E-state index contributed by atoms with van der Waals surface area (Å²) in [5.41, 5.74) is 1.06. The summed E-state index contributed by atoms with van der Waals surface area (Å²) in [7, 11) is 1.61. The Morgan fingerprint density at radius 1 is 1.31 bits per heavy atom. The number of thiazole rings is 1. The smallest absolute Gasteiger partial charge is 0.212 e. The van der Waals surface area contributed by atoms with Gasteiger partial charge in [-0.1, -0.05) is 11.3 Å². The second kappa shape index (κ2) is 4.94. The molecule has 2 rings (SSSR count). The summed E-state index contributed by atoms with van der Waals surface area (Å²) < 4.78 is 5.01. The fourth-order valence-corrected chi connectivity index (χ4v) is 2.16. The third-order valence-corrected chi connectivity index (χ3v) is 3.07. The Bertz CT molecular complexity index is 453. The van der Waals surface area contributed by atoms with Crippen molar-refractivity contribution in [3.05, 3.63) is 24.5 Å². The van der Waals surface area contributed by atoms with E-state index in [2.05, 4.69) is 22.2 Å². The topological polar surface area (TPSA) is 47.0 Å². The summed E-state index contributed by atoms with van der Waals surface area (Å²) in [4.78, 5) is 9.54. The van der Waals surface area contributed by atoms with E-state index in [1.807, 2.05) is 18.3 Å². The summed E-state index contributed by atoms with van der Waals surface area (Å²) in [6, 6.07) is 3.83. The maximum atomic E-state index is 5.01. The molecule has 0 saturated carbocycles. The standard InChI is InChI=1S/C11H13N3OS/c1-3-12-11-14-7-9(16-11)8-4-5-10(15-2)13-6-8/h4-7H,3H2,1-2H3,(H,12,14). The van der Waals surface area contributed by atoms with Crippen molar-refractivity contribution in [1.29, 1.82) is 0 Å². The van der Waals surface area contributed by atoms with Gasteiger partial charge in [0.05, 0.1) is 12.0 Å². The summed E-state index contributed by atoms with van der Waals surface area (Å²) in [6.07, 6.45) is 3.65. The molecule has 1 N–H and O–H groups in total. The van der Waals surface area contributed by atoms with Gasteiger partial charge in [0.25, 0.3) is 0 Å². The molecule has 2 aromatic rings. The maximum absolute atomic E-state index is 5.01. The average Bonchev–Trinajstić information content (AvgIpc) is 2.78. The number of rotatable bonds is 4. The molecule has 2 aromatic heterocycles. The Morgan fingerprint density at radius 3 is 2.81 bits per heavy atom. The van der Waals surface area contributed by atoms with Gasteiger partial charge >= 0.3 is 0 Å². The molecule has 0 bridgehead atoms. The molecule has 0 saturated heterocycles. The second-order valence-electron chi connectivity index (χ2n) is 3.15. The van der Waals surface area contributed by atoms with Crippen LogP contribution in [-0.4, -0.2) is 23.6 Å². The van der Waals surface area contributed by atoms with E-state index in [1.165, 1.54) is 0 Å². The zero-order valence-corrected chi connectivity index (χ0v) is 10.0. The van der Waals surface area contributed by atoms with E-state index in [0.717, 1.165) is 22.1 Å². The van der Waals surface area contributed by atoms with E-state index in [0.29, 0.717) is 5.88 Å². The van der Waals surface area contributed by atoms with Crippen LogP contribution >= 0.6 is 11.3 Å². The number of nitrogens with one attached hydrogen (secondary N) is 1. The van der Waals surface area contributed by atoms with Crippen LogP contribution in [0.25, 0.3) is 10.4 Å². The van der Waals surface area contributed by atoms with Crippen molar-refractivity contribution in [2.24, 2.45) is 0 Å². The first kappa shape index (κ1) is 10.9. The lowest BCUT2D eigenvalue weighted by Gasteiger charge is -1.99. The Morgan fingerprint density at radius 2 is 2.19 bits per heavy atom. The molecule has 0 aliphatic carbocycles. The zero-order chi connectivity index (χ0) is 11.4. The zero-order valence-electron chi connectivity index (χ0n) is 9.23. The van der Waals surface area contributed by atoms with Gasteiger partial charge in [0.2, 0.25) is 5.88 Å². The van der Waals surface area contributed by atoms with Crippen LogP contribution in [-0.2, 0) is 0 Å². The van der Waals surface area contributed by atoms with Crippen LogP contribution in [0.2, 0.25) is 0 Å². The highest BCUT2D eigenvalue weighted by molar-refractivity contribution is 7.18. The van der Waals surface area contributed by atoms with Crippen molar-refractivity contribution >= 4 is 16.5 Å². The highest BCUT2D eigenvalue weighted by Gasteiger charge is 2.04. The number of anilines is 1. The van der Waals surface area contributed by atoms with Crippen LogP contribution in [0.5, 0.6) is 5.88 Å². The quantitative estimate of drug-likeness (QED) is 0.885. The molecule has 4 nitrogen and oxygen atoms in total. The fourth-order valence-electron chi connectivity index (χ4n) is 1.29. The molecule has 0 amide bonds. The highest BCUT2D eigenvalue weighted by atomic mass is 32.1. The molecule has 0 aliphatic heterocycles. The Hall–Kier alpha value is -1.62. The molecule has 0 unspecified atom stereocenters. The summed E-state index contributed by atoms with van der Waals surface area (Å²) >= 11 is 1.62. The van der Waals surface area contributed by atoms with Gasteiger partial charge in [-0.3, -0.25) is 0 Å². The van der Waals surface area contributed by atoms with Crippen molar-refractivity contribution < 1.29 is 4.74 Å². The van der Waals surface area contributed by atoms with E-state index in [1.54, 1.807) is 24.6 Å². The molecule has 16 heavy (non-hydrogen) atoms. The van der Waals surface area contributed by atoms with Gasteiger partial charge in [-0.15, -0.1) is 0 Å². The van der Waals surface area contributed by atoms with Gasteiger partial charge in [0.15, 0.2) is 5.13 Å². The summed E-state index contributed by atoms with van der Waals surface area (Å²) in [6.45, 7) is 2.93. The summed E-state index contributed by atoms with van der Waals surface area (Å²) in [5, 5.41) is 4.12. The van der Waals surface area contributed by atoms with Crippen molar-refractivity contribution in [2.45, 2.75) is 6.92 Å². The van der Waals surface area contributed by atoms with Crippen LogP contribution in [0.15, 0.2) is 24.5 Å². The number of aromatic nitrogens is 2. The molecule has 0 aromatic carbocycles. The predicted octanol–water partition coefficient (Wildman–Crippen LogP) is 2.65. The average molecular weight is 235 g/mol. The minimum Gasteiger partial charge on any atom is -0.481 e. The molecule has 0 spiro atoms. The minimum atomic E-state index is 0.625. The monoisotopic (exact) mass is 235 g/mol. The molecule has 0 aliphatic rings. The maximum Gasteiger partial charge on any atom is 0.212 e. The van der Waals surface area contributed by atoms with Crippen LogP contribution in [0, 0.1) is 0 Å². The largest absolute Gasteiger partial charge is 0.481 e. The minimum absolute atomic E-state index is 0.625. The van der Waals surface area contributed by atoms with Gasteiger partial charge in [0, 0.05) is 30.6 Å². The fraction of sp³-hybridized carbons (Fsp3) is 0.273. The number of hydrogen-bond donors (Lipinski definition) is 1. The van der Waals surface area contributed by atoms with Crippen LogP contribution < -0.4 is 10.1 Å². The van der Waals surface area contributed by atoms with E-state index < -0.39 is 0 Å². The summed E-state index contributed by atoms with van der Waals surface area (Å²) in [5.74, 6) is 0.625. The second-order valence-corrected chi connectivity index (χ2v) is 4.18. The number of methoxy groups -OCH3 is 1. The molecule has 5 heteroatoms.